The van der Waals surface area contributed by atoms with Crippen LogP contribution in [-0.2, 0) is 17.6 Å². The maximum atomic E-state index is 13.2. The number of aryl methyl sites for hydroxylation is 2. The first-order valence-corrected chi connectivity index (χ1v) is 8.80. The van der Waals surface area contributed by atoms with E-state index in [1.54, 1.807) is 0 Å². The molecule has 2 rings (SSSR count). The number of alkyl halides is 2. The number of amides is 1. The second-order valence-electron chi connectivity index (χ2n) is 6.20. The van der Waals surface area contributed by atoms with E-state index in [4.69, 9.17) is 0 Å². The number of rotatable bonds is 10. The molecule has 1 unspecified atom stereocenters. The Kier molecular flexibility index (Phi) is 8.10. The lowest BCUT2D eigenvalue weighted by atomic mass is 9.99. The first-order valence-electron chi connectivity index (χ1n) is 8.80. The van der Waals surface area contributed by atoms with E-state index in [0.29, 0.717) is 13.0 Å². The van der Waals surface area contributed by atoms with Gasteiger partial charge in [-0.1, -0.05) is 60.7 Å². The molecule has 2 aromatic carbocycles. The average Bonchev–Trinajstić information content (AvgIpc) is 2.63. The molecule has 2 nitrogen and oxygen atoms in total. The van der Waals surface area contributed by atoms with Crippen LogP contribution in [0.2, 0.25) is 0 Å². The van der Waals surface area contributed by atoms with Crippen molar-refractivity contribution in [1.82, 2.24) is 5.32 Å². The van der Waals surface area contributed by atoms with Gasteiger partial charge in [0.2, 0.25) is 12.3 Å². The maximum absolute atomic E-state index is 13.2. The first-order chi connectivity index (χ1) is 12.2. The fourth-order valence-corrected chi connectivity index (χ4v) is 2.78. The standard InChI is InChI=1S/C21H25F2NO/c22-20(23)19(15-14-18-11-5-2-6-12-18)21(25)24-16-8-7-13-17-9-3-1-4-10-17/h1-6,9-12,19-20H,7-8,13-16H2,(H,24,25). The molecule has 2 aromatic rings. The van der Waals surface area contributed by atoms with E-state index in [2.05, 4.69) is 17.4 Å². The third-order valence-electron chi connectivity index (χ3n) is 4.26. The average molecular weight is 345 g/mol. The van der Waals surface area contributed by atoms with Gasteiger partial charge in [-0.15, -0.1) is 0 Å². The SMILES string of the molecule is O=C(NCCCCc1ccccc1)C(CCc1ccccc1)C(F)F. The molecule has 0 spiro atoms. The summed E-state index contributed by atoms with van der Waals surface area (Å²) in [6.45, 7) is 0.445. The molecule has 1 amide bonds. The Bertz CT molecular complexity index is 616. The second-order valence-corrected chi connectivity index (χ2v) is 6.20. The van der Waals surface area contributed by atoms with E-state index >= 15 is 0 Å². The van der Waals surface area contributed by atoms with Crippen LogP contribution in [0.15, 0.2) is 60.7 Å². The Labute approximate surface area is 148 Å². The van der Waals surface area contributed by atoms with Gasteiger partial charge < -0.3 is 5.32 Å². The Balaban J connectivity index is 1.69. The largest absolute Gasteiger partial charge is 0.356 e. The van der Waals surface area contributed by atoms with Crippen LogP contribution < -0.4 is 5.32 Å². The van der Waals surface area contributed by atoms with Crippen molar-refractivity contribution in [2.45, 2.75) is 38.5 Å². The fourth-order valence-electron chi connectivity index (χ4n) is 2.78. The molecule has 1 N–H and O–H groups in total. The molecule has 134 valence electrons. The second kappa shape index (κ2) is 10.6. The smallest absolute Gasteiger partial charge is 0.250 e. The Morgan fingerprint density at radius 3 is 1.96 bits per heavy atom. The van der Waals surface area contributed by atoms with Crippen LogP contribution in [0.3, 0.4) is 0 Å². The predicted molar refractivity (Wildman–Crippen MR) is 96.6 cm³/mol. The summed E-state index contributed by atoms with van der Waals surface area (Å²) in [6.07, 6.45) is 0.661. The van der Waals surface area contributed by atoms with E-state index in [1.165, 1.54) is 5.56 Å². The van der Waals surface area contributed by atoms with E-state index in [1.807, 2.05) is 48.5 Å². The van der Waals surface area contributed by atoms with Crippen molar-refractivity contribution in [2.24, 2.45) is 5.92 Å². The number of halogens is 2. The molecule has 25 heavy (non-hydrogen) atoms. The van der Waals surface area contributed by atoms with Crippen LogP contribution in [-0.4, -0.2) is 18.9 Å². The molecule has 0 heterocycles. The van der Waals surface area contributed by atoms with E-state index < -0.39 is 18.3 Å². The van der Waals surface area contributed by atoms with Crippen molar-refractivity contribution in [3.05, 3.63) is 71.8 Å². The van der Waals surface area contributed by atoms with Gasteiger partial charge in [0.05, 0.1) is 5.92 Å². The lowest BCUT2D eigenvalue weighted by Crippen LogP contribution is -2.35. The maximum Gasteiger partial charge on any atom is 0.250 e. The molecule has 0 aliphatic carbocycles. The molecular weight excluding hydrogens is 320 g/mol. The minimum Gasteiger partial charge on any atom is -0.356 e. The molecule has 4 heteroatoms. The molecule has 0 aromatic heterocycles. The third-order valence-corrected chi connectivity index (χ3v) is 4.26. The van der Waals surface area contributed by atoms with E-state index in [0.717, 1.165) is 24.8 Å². The van der Waals surface area contributed by atoms with Crippen molar-refractivity contribution in [3.63, 3.8) is 0 Å². The third kappa shape index (κ3) is 7.04. The normalized spacial score (nSPS) is 12.1. The molecule has 0 saturated heterocycles. The fraction of sp³-hybridized carbons (Fsp3) is 0.381. The minimum absolute atomic E-state index is 0.164. The number of hydrogen-bond donors (Lipinski definition) is 1. The van der Waals surface area contributed by atoms with E-state index in [9.17, 15) is 13.6 Å². The van der Waals surface area contributed by atoms with Crippen molar-refractivity contribution in [2.75, 3.05) is 6.54 Å². The van der Waals surface area contributed by atoms with Gasteiger partial charge >= 0.3 is 0 Å². The van der Waals surface area contributed by atoms with Gasteiger partial charge in [0, 0.05) is 6.54 Å². The number of benzene rings is 2. The Hall–Kier alpha value is -2.23. The molecule has 0 bridgehead atoms. The highest BCUT2D eigenvalue weighted by molar-refractivity contribution is 5.79. The van der Waals surface area contributed by atoms with Crippen LogP contribution in [0, 0.1) is 5.92 Å². The summed E-state index contributed by atoms with van der Waals surface area (Å²) in [5, 5.41) is 2.67. The molecule has 0 radical (unpaired) electrons. The highest BCUT2D eigenvalue weighted by Gasteiger charge is 2.27. The molecule has 0 aliphatic rings. The quantitative estimate of drug-likeness (QED) is 0.625. The highest BCUT2D eigenvalue weighted by atomic mass is 19.3. The summed E-state index contributed by atoms with van der Waals surface area (Å²) < 4.78 is 26.4. The zero-order valence-electron chi connectivity index (χ0n) is 14.3. The highest BCUT2D eigenvalue weighted by Crippen LogP contribution is 2.18. The molecular formula is C21H25F2NO. The minimum atomic E-state index is -2.63. The number of hydrogen-bond acceptors (Lipinski definition) is 1. The van der Waals surface area contributed by atoms with Crippen LogP contribution in [0.5, 0.6) is 0 Å². The summed E-state index contributed by atoms with van der Waals surface area (Å²) in [6, 6.07) is 19.5. The molecule has 0 saturated carbocycles. The summed E-state index contributed by atoms with van der Waals surface area (Å²) in [5.41, 5.74) is 2.23. The van der Waals surface area contributed by atoms with Gasteiger partial charge in [0.1, 0.15) is 0 Å². The van der Waals surface area contributed by atoms with Crippen LogP contribution >= 0.6 is 0 Å². The van der Waals surface area contributed by atoms with Crippen molar-refractivity contribution >= 4 is 5.91 Å². The monoisotopic (exact) mass is 345 g/mol. The van der Waals surface area contributed by atoms with Gasteiger partial charge in [-0.25, -0.2) is 8.78 Å². The van der Waals surface area contributed by atoms with Crippen LogP contribution in [0.25, 0.3) is 0 Å². The lowest BCUT2D eigenvalue weighted by Gasteiger charge is -2.16. The topological polar surface area (TPSA) is 29.1 Å². The van der Waals surface area contributed by atoms with Crippen LogP contribution in [0.1, 0.15) is 30.4 Å². The number of unbranched alkanes of at least 4 members (excludes halogenated alkanes) is 1. The number of nitrogens with one attached hydrogen (secondary N) is 1. The zero-order valence-corrected chi connectivity index (χ0v) is 14.3. The first kappa shape index (κ1) is 19.1. The predicted octanol–water partition coefficient (Wildman–Crippen LogP) is 4.64. The van der Waals surface area contributed by atoms with Gasteiger partial charge in [-0.2, -0.15) is 0 Å². The van der Waals surface area contributed by atoms with Crippen LogP contribution in [0.4, 0.5) is 8.78 Å². The Morgan fingerprint density at radius 1 is 0.840 bits per heavy atom. The van der Waals surface area contributed by atoms with Gasteiger partial charge in [-0.3, -0.25) is 4.79 Å². The van der Waals surface area contributed by atoms with E-state index in [-0.39, 0.29) is 6.42 Å². The van der Waals surface area contributed by atoms with Crippen molar-refractivity contribution < 1.29 is 13.6 Å². The van der Waals surface area contributed by atoms with Crippen molar-refractivity contribution in [1.29, 1.82) is 0 Å². The van der Waals surface area contributed by atoms with Gasteiger partial charge in [-0.05, 0) is 43.2 Å². The molecule has 0 aliphatic heterocycles. The Morgan fingerprint density at radius 2 is 1.40 bits per heavy atom. The number of carbonyl (C=O) groups excluding carboxylic acids is 1. The molecule has 1 atom stereocenters. The molecule has 0 fully saturated rings. The lowest BCUT2D eigenvalue weighted by molar-refractivity contribution is -0.130. The zero-order chi connectivity index (χ0) is 17.9. The van der Waals surface area contributed by atoms with Gasteiger partial charge in [0.15, 0.2) is 0 Å². The number of carbonyl (C=O) groups is 1. The van der Waals surface area contributed by atoms with Crippen molar-refractivity contribution in [3.8, 4) is 0 Å². The summed E-state index contributed by atoms with van der Waals surface area (Å²) >= 11 is 0. The summed E-state index contributed by atoms with van der Waals surface area (Å²) in [4.78, 5) is 12.0. The summed E-state index contributed by atoms with van der Waals surface area (Å²) in [7, 11) is 0. The van der Waals surface area contributed by atoms with Gasteiger partial charge in [0.25, 0.3) is 0 Å². The summed E-state index contributed by atoms with van der Waals surface area (Å²) in [5.74, 6) is -1.78.